The number of aryl methyl sites for hydroxylation is 2. The molecule has 0 amide bonds. The third-order valence-electron chi connectivity index (χ3n) is 4.32. The molecule has 0 saturated carbocycles. The fraction of sp³-hybridized carbons (Fsp3) is 0.150. The molecule has 0 unspecified atom stereocenters. The van der Waals surface area contributed by atoms with Gasteiger partial charge in [-0.3, -0.25) is 4.72 Å². The van der Waals surface area contributed by atoms with Crippen molar-refractivity contribution in [3.63, 3.8) is 0 Å². The molecule has 0 aliphatic heterocycles. The van der Waals surface area contributed by atoms with Gasteiger partial charge in [-0.2, -0.15) is 0 Å². The molecule has 3 rings (SSSR count). The molecule has 0 aliphatic carbocycles. The van der Waals surface area contributed by atoms with Crippen LogP contribution in [0.1, 0.15) is 21.7 Å². The highest BCUT2D eigenvalue weighted by atomic mass is 32.2. The SMILES string of the molecule is COc1ccc(C(=O)O)cc1S(=O)(=O)Nc1ccc(S(=O)(=O)Nc2nc(C)cc(C)n2)cc1. The predicted molar refractivity (Wildman–Crippen MR) is 120 cm³/mol. The molecule has 1 aromatic heterocycles. The average molecular weight is 493 g/mol. The Labute approximate surface area is 190 Å². The van der Waals surface area contributed by atoms with E-state index >= 15 is 0 Å². The number of benzene rings is 2. The molecule has 13 heteroatoms. The van der Waals surface area contributed by atoms with Gasteiger partial charge < -0.3 is 9.84 Å². The first kappa shape index (κ1) is 23.9. The molecule has 0 spiro atoms. The van der Waals surface area contributed by atoms with Gasteiger partial charge in [0.1, 0.15) is 10.6 Å². The van der Waals surface area contributed by atoms with E-state index in [0.717, 1.165) is 6.07 Å². The summed E-state index contributed by atoms with van der Waals surface area (Å²) >= 11 is 0. The molecule has 0 bridgehead atoms. The van der Waals surface area contributed by atoms with E-state index in [4.69, 9.17) is 9.84 Å². The molecule has 2 aromatic carbocycles. The minimum Gasteiger partial charge on any atom is -0.495 e. The molecule has 174 valence electrons. The van der Waals surface area contributed by atoms with Crippen LogP contribution in [0.25, 0.3) is 0 Å². The highest BCUT2D eigenvalue weighted by molar-refractivity contribution is 7.93. The molecular formula is C20H20N4O7S2. The second-order valence-corrected chi connectivity index (χ2v) is 10.2. The molecular weight excluding hydrogens is 472 g/mol. The largest absolute Gasteiger partial charge is 0.495 e. The number of ether oxygens (including phenoxy) is 1. The number of nitrogens with one attached hydrogen (secondary N) is 2. The maximum Gasteiger partial charge on any atom is 0.335 e. The van der Waals surface area contributed by atoms with E-state index < -0.39 is 26.0 Å². The number of rotatable bonds is 8. The number of aromatic carboxylic acids is 1. The monoisotopic (exact) mass is 492 g/mol. The van der Waals surface area contributed by atoms with E-state index in [-0.39, 0.29) is 32.7 Å². The normalized spacial score (nSPS) is 11.6. The second kappa shape index (κ2) is 9.03. The quantitative estimate of drug-likeness (QED) is 0.428. The number of hydrogen-bond acceptors (Lipinski definition) is 8. The summed E-state index contributed by atoms with van der Waals surface area (Å²) in [6.07, 6.45) is 0. The minimum atomic E-state index is -4.24. The van der Waals surface area contributed by atoms with E-state index in [9.17, 15) is 21.6 Å². The number of aromatic nitrogens is 2. The van der Waals surface area contributed by atoms with Crippen LogP contribution in [0.5, 0.6) is 5.75 Å². The van der Waals surface area contributed by atoms with Gasteiger partial charge in [-0.05, 0) is 62.4 Å². The van der Waals surface area contributed by atoms with Gasteiger partial charge in [0, 0.05) is 17.1 Å². The summed E-state index contributed by atoms with van der Waals surface area (Å²) in [6.45, 7) is 3.41. The van der Waals surface area contributed by atoms with Crippen molar-refractivity contribution in [3.05, 3.63) is 65.5 Å². The van der Waals surface area contributed by atoms with Gasteiger partial charge in [0.15, 0.2) is 0 Å². The van der Waals surface area contributed by atoms with Crippen molar-refractivity contribution in [1.82, 2.24) is 9.97 Å². The van der Waals surface area contributed by atoms with Gasteiger partial charge in [-0.25, -0.2) is 36.3 Å². The van der Waals surface area contributed by atoms with Crippen LogP contribution < -0.4 is 14.2 Å². The number of sulfonamides is 2. The molecule has 3 N–H and O–H groups in total. The van der Waals surface area contributed by atoms with Gasteiger partial charge in [-0.15, -0.1) is 0 Å². The van der Waals surface area contributed by atoms with Gasteiger partial charge in [-0.1, -0.05) is 0 Å². The Bertz CT molecular complexity index is 1400. The van der Waals surface area contributed by atoms with Crippen LogP contribution in [0, 0.1) is 13.8 Å². The summed E-state index contributed by atoms with van der Waals surface area (Å²) in [6, 6.07) is 10.0. The van der Waals surface area contributed by atoms with Crippen molar-refractivity contribution in [2.75, 3.05) is 16.6 Å². The van der Waals surface area contributed by atoms with E-state index in [1.807, 2.05) is 0 Å². The summed E-state index contributed by atoms with van der Waals surface area (Å²) in [5.74, 6) is -1.43. The highest BCUT2D eigenvalue weighted by Crippen LogP contribution is 2.27. The summed E-state index contributed by atoms with van der Waals surface area (Å²) in [4.78, 5) is 18.8. The van der Waals surface area contributed by atoms with Crippen LogP contribution in [0.4, 0.5) is 11.6 Å². The first-order valence-electron chi connectivity index (χ1n) is 9.30. The Morgan fingerprint density at radius 3 is 2.03 bits per heavy atom. The van der Waals surface area contributed by atoms with Crippen LogP contribution in [0.2, 0.25) is 0 Å². The van der Waals surface area contributed by atoms with Crippen LogP contribution >= 0.6 is 0 Å². The number of anilines is 2. The van der Waals surface area contributed by atoms with Crippen molar-refractivity contribution < 1.29 is 31.5 Å². The van der Waals surface area contributed by atoms with Crippen LogP contribution in [0.15, 0.2) is 58.3 Å². The number of methoxy groups -OCH3 is 1. The standard InChI is InChI=1S/C20H20N4O7S2/c1-12-10-13(2)22-20(21-12)24-32(27,28)16-7-5-15(6-8-16)23-33(29,30)18-11-14(19(25)26)4-9-17(18)31-3/h4-11,23H,1-3H3,(H,25,26)(H,21,22,24). The first-order valence-corrected chi connectivity index (χ1v) is 12.3. The van der Waals surface area contributed by atoms with E-state index in [1.165, 1.54) is 43.5 Å². The average Bonchev–Trinajstić information content (AvgIpc) is 2.72. The number of carboxylic acids is 1. The Kier molecular flexibility index (Phi) is 6.56. The number of hydrogen-bond donors (Lipinski definition) is 3. The molecule has 3 aromatic rings. The third-order valence-corrected chi connectivity index (χ3v) is 7.07. The van der Waals surface area contributed by atoms with Crippen molar-refractivity contribution in [3.8, 4) is 5.75 Å². The molecule has 0 saturated heterocycles. The summed E-state index contributed by atoms with van der Waals surface area (Å²) < 4.78 is 60.5. The van der Waals surface area contributed by atoms with Crippen molar-refractivity contribution in [1.29, 1.82) is 0 Å². The lowest BCUT2D eigenvalue weighted by molar-refractivity contribution is 0.0696. The van der Waals surface area contributed by atoms with Crippen LogP contribution in [-0.4, -0.2) is 45.0 Å². The fourth-order valence-corrected chi connectivity index (χ4v) is 5.08. The Morgan fingerprint density at radius 2 is 1.48 bits per heavy atom. The lowest BCUT2D eigenvalue weighted by Gasteiger charge is -2.13. The lowest BCUT2D eigenvalue weighted by atomic mass is 10.2. The highest BCUT2D eigenvalue weighted by Gasteiger charge is 2.23. The van der Waals surface area contributed by atoms with Crippen molar-refractivity contribution in [2.45, 2.75) is 23.6 Å². The molecule has 1 heterocycles. The number of nitrogens with zero attached hydrogens (tertiary/aromatic N) is 2. The fourth-order valence-electron chi connectivity index (χ4n) is 2.88. The molecule has 0 fully saturated rings. The molecule has 0 radical (unpaired) electrons. The van der Waals surface area contributed by atoms with Crippen LogP contribution in [0.3, 0.4) is 0 Å². The summed E-state index contributed by atoms with van der Waals surface area (Å²) in [7, 11) is -7.01. The molecule has 0 atom stereocenters. The molecule has 33 heavy (non-hydrogen) atoms. The topological polar surface area (TPSA) is 165 Å². The van der Waals surface area contributed by atoms with Gasteiger partial charge in [0.05, 0.1) is 17.6 Å². The second-order valence-electron chi connectivity index (χ2n) is 6.88. The van der Waals surface area contributed by atoms with E-state index in [2.05, 4.69) is 19.4 Å². The van der Waals surface area contributed by atoms with E-state index in [1.54, 1.807) is 19.9 Å². The van der Waals surface area contributed by atoms with E-state index in [0.29, 0.717) is 11.4 Å². The zero-order valence-corrected chi connectivity index (χ0v) is 19.4. The van der Waals surface area contributed by atoms with Gasteiger partial charge in [0.2, 0.25) is 5.95 Å². The van der Waals surface area contributed by atoms with Crippen LogP contribution in [-0.2, 0) is 20.0 Å². The zero-order chi connectivity index (χ0) is 24.4. The minimum absolute atomic E-state index is 0.0515. The maximum absolute atomic E-state index is 12.8. The smallest absolute Gasteiger partial charge is 0.335 e. The van der Waals surface area contributed by atoms with Gasteiger partial charge in [0.25, 0.3) is 20.0 Å². The Hall–Kier alpha value is -3.71. The Balaban J connectivity index is 1.86. The predicted octanol–water partition coefficient (Wildman–Crippen LogP) is 2.40. The lowest BCUT2D eigenvalue weighted by Crippen LogP contribution is -2.17. The Morgan fingerprint density at radius 1 is 0.879 bits per heavy atom. The van der Waals surface area contributed by atoms with Crippen molar-refractivity contribution in [2.24, 2.45) is 0 Å². The summed E-state index contributed by atoms with van der Waals surface area (Å²) in [5, 5.41) is 9.14. The third kappa shape index (κ3) is 5.56. The van der Waals surface area contributed by atoms with Gasteiger partial charge >= 0.3 is 5.97 Å². The molecule has 0 aliphatic rings. The zero-order valence-electron chi connectivity index (χ0n) is 17.7. The molecule has 11 nitrogen and oxygen atoms in total. The number of carboxylic acid groups (broad SMARTS) is 1. The van der Waals surface area contributed by atoms with Crippen molar-refractivity contribution >= 4 is 37.7 Å². The maximum atomic E-state index is 12.8. The first-order chi connectivity index (χ1) is 15.4. The summed E-state index contributed by atoms with van der Waals surface area (Å²) in [5.41, 5.74) is 0.997. The number of carbonyl (C=O) groups is 1.